The van der Waals surface area contributed by atoms with Crippen LogP contribution in [0.15, 0.2) is 27.4 Å². The van der Waals surface area contributed by atoms with Gasteiger partial charge in [0.2, 0.25) is 0 Å². The summed E-state index contributed by atoms with van der Waals surface area (Å²) in [4.78, 5) is 25.6. The van der Waals surface area contributed by atoms with Gasteiger partial charge in [-0.25, -0.2) is 4.79 Å². The molecule has 2 aromatic rings. The number of benzene rings is 1. The van der Waals surface area contributed by atoms with Crippen molar-refractivity contribution in [2.24, 2.45) is 0 Å². The van der Waals surface area contributed by atoms with E-state index in [2.05, 4.69) is 4.98 Å². The van der Waals surface area contributed by atoms with Crippen molar-refractivity contribution in [2.75, 3.05) is 4.90 Å². The van der Waals surface area contributed by atoms with Crippen molar-refractivity contribution >= 4 is 22.7 Å². The number of nitrogens with zero attached hydrogens (tertiary/aromatic N) is 1. The number of rotatable bonds is 2. The van der Waals surface area contributed by atoms with Gasteiger partial charge in [-0.1, -0.05) is 0 Å². The summed E-state index contributed by atoms with van der Waals surface area (Å²) in [7, 11) is 0. The molecule has 5 nitrogen and oxygen atoms in total. The molecule has 1 amide bonds. The van der Waals surface area contributed by atoms with Gasteiger partial charge < -0.3 is 9.32 Å². The van der Waals surface area contributed by atoms with E-state index in [1.165, 1.54) is 18.2 Å². The highest BCUT2D eigenvalue weighted by atomic mass is 19.4. The van der Waals surface area contributed by atoms with Gasteiger partial charge >= 0.3 is 17.8 Å². The molecule has 0 aliphatic heterocycles. The van der Waals surface area contributed by atoms with Crippen molar-refractivity contribution in [1.82, 2.24) is 4.98 Å². The number of aromatic amines is 1. The molecule has 0 bridgehead atoms. The lowest BCUT2D eigenvalue weighted by Crippen LogP contribution is -2.42. The van der Waals surface area contributed by atoms with Crippen LogP contribution in [-0.2, 0) is 4.79 Å². The number of amides is 1. The van der Waals surface area contributed by atoms with E-state index >= 15 is 0 Å². The Bertz CT molecular complexity index is 727. The minimum atomic E-state index is -4.93. The van der Waals surface area contributed by atoms with E-state index in [-0.39, 0.29) is 16.8 Å². The van der Waals surface area contributed by atoms with Gasteiger partial charge in [0, 0.05) is 11.7 Å². The zero-order valence-corrected chi connectivity index (χ0v) is 10.0. The summed E-state index contributed by atoms with van der Waals surface area (Å²) in [5.41, 5.74) is 0.585. The second-order valence-electron chi connectivity index (χ2n) is 4.60. The Morgan fingerprint density at radius 2 is 2.05 bits per heavy atom. The molecule has 1 heterocycles. The third-order valence-corrected chi connectivity index (χ3v) is 3.05. The van der Waals surface area contributed by atoms with Crippen LogP contribution < -0.4 is 10.7 Å². The smallest absolute Gasteiger partial charge is 0.408 e. The molecule has 0 unspecified atom stereocenters. The lowest BCUT2D eigenvalue weighted by molar-refractivity contribution is -0.170. The van der Waals surface area contributed by atoms with Gasteiger partial charge in [0.15, 0.2) is 5.58 Å². The first-order valence-electron chi connectivity index (χ1n) is 5.89. The van der Waals surface area contributed by atoms with Crippen molar-refractivity contribution in [3.05, 3.63) is 28.7 Å². The first kappa shape index (κ1) is 12.8. The molecule has 0 spiro atoms. The molecule has 1 N–H and O–H groups in total. The third kappa shape index (κ3) is 2.17. The van der Waals surface area contributed by atoms with Crippen molar-refractivity contribution in [3.63, 3.8) is 0 Å². The Kier molecular flexibility index (Phi) is 2.63. The van der Waals surface area contributed by atoms with E-state index in [0.717, 1.165) is 4.90 Å². The molecule has 0 saturated heterocycles. The van der Waals surface area contributed by atoms with E-state index in [0.29, 0.717) is 12.8 Å². The van der Waals surface area contributed by atoms with Crippen LogP contribution in [0.1, 0.15) is 12.8 Å². The number of oxazole rings is 1. The van der Waals surface area contributed by atoms with Gasteiger partial charge in [-0.3, -0.25) is 9.78 Å². The van der Waals surface area contributed by atoms with Crippen LogP contribution in [0.3, 0.4) is 0 Å². The second kappa shape index (κ2) is 4.12. The lowest BCUT2D eigenvalue weighted by Gasteiger charge is -2.23. The van der Waals surface area contributed by atoms with Crippen LogP contribution in [0.5, 0.6) is 0 Å². The quantitative estimate of drug-likeness (QED) is 0.920. The standard InChI is InChI=1S/C12H9F3N2O3/c13-12(14,15)10(18)17(6-1-2-6)7-3-4-9-8(5-7)16-11(19)20-9/h3-6H,1-2H2,(H,16,19). The van der Waals surface area contributed by atoms with Crippen molar-refractivity contribution in [1.29, 1.82) is 0 Å². The summed E-state index contributed by atoms with van der Waals surface area (Å²) < 4.78 is 42.6. The molecule has 3 rings (SSSR count). The molecule has 8 heteroatoms. The number of alkyl halides is 3. The Balaban J connectivity index is 2.05. The molecule has 1 aliphatic rings. The van der Waals surface area contributed by atoms with E-state index in [9.17, 15) is 22.8 Å². The summed E-state index contributed by atoms with van der Waals surface area (Å²) in [6.45, 7) is 0. The van der Waals surface area contributed by atoms with Crippen molar-refractivity contribution < 1.29 is 22.4 Å². The molecule has 20 heavy (non-hydrogen) atoms. The maximum Gasteiger partial charge on any atom is 0.471 e. The number of halogens is 3. The van der Waals surface area contributed by atoms with Gasteiger partial charge in [0.1, 0.15) is 0 Å². The van der Waals surface area contributed by atoms with Crippen LogP contribution in [-0.4, -0.2) is 23.1 Å². The average molecular weight is 286 g/mol. The van der Waals surface area contributed by atoms with Gasteiger partial charge in [-0.2, -0.15) is 13.2 Å². The first-order valence-corrected chi connectivity index (χ1v) is 5.89. The van der Waals surface area contributed by atoms with Gasteiger partial charge in [0.05, 0.1) is 5.52 Å². The highest BCUT2D eigenvalue weighted by Crippen LogP contribution is 2.36. The number of hydrogen-bond acceptors (Lipinski definition) is 3. The first-order chi connectivity index (χ1) is 9.36. The normalized spacial score (nSPS) is 15.6. The largest absolute Gasteiger partial charge is 0.471 e. The molecule has 0 radical (unpaired) electrons. The van der Waals surface area contributed by atoms with Crippen molar-refractivity contribution in [2.45, 2.75) is 25.1 Å². The van der Waals surface area contributed by atoms with Crippen LogP contribution in [0.2, 0.25) is 0 Å². The summed E-state index contributed by atoms with van der Waals surface area (Å²) >= 11 is 0. The summed E-state index contributed by atoms with van der Waals surface area (Å²) in [6, 6.07) is 3.56. The minimum absolute atomic E-state index is 0.0966. The fourth-order valence-corrected chi connectivity index (χ4v) is 2.05. The summed E-state index contributed by atoms with van der Waals surface area (Å²) in [6.07, 6.45) is -3.87. The van der Waals surface area contributed by atoms with Crippen LogP contribution >= 0.6 is 0 Å². The number of aromatic nitrogens is 1. The molecule has 1 fully saturated rings. The van der Waals surface area contributed by atoms with Crippen LogP contribution in [0.25, 0.3) is 11.1 Å². The summed E-state index contributed by atoms with van der Waals surface area (Å²) in [5, 5.41) is 0. The zero-order valence-electron chi connectivity index (χ0n) is 10.0. The molecule has 0 atom stereocenters. The number of H-pyrrole nitrogens is 1. The number of hydrogen-bond donors (Lipinski definition) is 1. The van der Waals surface area contributed by atoms with Gasteiger partial charge in [-0.15, -0.1) is 0 Å². The highest BCUT2D eigenvalue weighted by Gasteiger charge is 2.47. The van der Waals surface area contributed by atoms with Crippen LogP contribution in [0, 0.1) is 0 Å². The molecule has 1 aromatic carbocycles. The number of anilines is 1. The number of fused-ring (bicyclic) bond motifs is 1. The SMILES string of the molecule is O=C(N(c1ccc2oc(=O)[nH]c2c1)C1CC1)C(F)(F)F. The summed E-state index contributed by atoms with van der Waals surface area (Å²) in [5.74, 6) is -2.59. The van der Waals surface area contributed by atoms with E-state index in [4.69, 9.17) is 4.42 Å². The number of carbonyl (C=O) groups is 1. The van der Waals surface area contributed by atoms with E-state index in [1.807, 2.05) is 0 Å². The van der Waals surface area contributed by atoms with Crippen LogP contribution in [0.4, 0.5) is 18.9 Å². The molecule has 1 aromatic heterocycles. The molecule has 106 valence electrons. The maximum absolute atomic E-state index is 12.6. The fraction of sp³-hybridized carbons (Fsp3) is 0.333. The van der Waals surface area contributed by atoms with Crippen molar-refractivity contribution in [3.8, 4) is 0 Å². The Hall–Kier alpha value is -2.25. The number of nitrogens with one attached hydrogen (secondary N) is 1. The van der Waals surface area contributed by atoms with E-state index in [1.54, 1.807) is 0 Å². The zero-order chi connectivity index (χ0) is 14.5. The predicted molar refractivity (Wildman–Crippen MR) is 63.4 cm³/mol. The Morgan fingerprint density at radius 3 is 2.65 bits per heavy atom. The fourth-order valence-electron chi connectivity index (χ4n) is 2.05. The monoisotopic (exact) mass is 286 g/mol. The molecular formula is C12H9F3N2O3. The Labute approximate surface area is 110 Å². The predicted octanol–water partition coefficient (Wildman–Crippen LogP) is 2.18. The minimum Gasteiger partial charge on any atom is -0.408 e. The Morgan fingerprint density at radius 1 is 1.35 bits per heavy atom. The van der Waals surface area contributed by atoms with E-state index < -0.39 is 23.9 Å². The molecule has 1 saturated carbocycles. The molecular weight excluding hydrogens is 277 g/mol. The molecule has 1 aliphatic carbocycles. The van der Waals surface area contributed by atoms with Gasteiger partial charge in [0.25, 0.3) is 0 Å². The number of carbonyl (C=O) groups excluding carboxylic acids is 1. The third-order valence-electron chi connectivity index (χ3n) is 3.05. The lowest BCUT2D eigenvalue weighted by atomic mass is 10.2. The maximum atomic E-state index is 12.6. The topological polar surface area (TPSA) is 66.3 Å². The second-order valence-corrected chi connectivity index (χ2v) is 4.60. The average Bonchev–Trinajstić information content (AvgIpc) is 3.09. The highest BCUT2D eigenvalue weighted by molar-refractivity contribution is 5.99. The van der Waals surface area contributed by atoms with Gasteiger partial charge in [-0.05, 0) is 31.0 Å².